The van der Waals surface area contributed by atoms with Crippen molar-refractivity contribution in [2.75, 3.05) is 27.4 Å². The van der Waals surface area contributed by atoms with Gasteiger partial charge in [-0.3, -0.25) is 4.79 Å². The van der Waals surface area contributed by atoms with Gasteiger partial charge in [-0.25, -0.2) is 0 Å². The molecule has 222 valence electrons. The Morgan fingerprint density at radius 2 is 1.87 bits per heavy atom. The molecule has 2 aliphatic rings. The molecule has 0 radical (unpaired) electrons. The summed E-state index contributed by atoms with van der Waals surface area (Å²) in [5, 5.41) is 14.3. The summed E-state index contributed by atoms with van der Waals surface area (Å²) in [6.07, 6.45) is 5.32. The van der Waals surface area contributed by atoms with Crippen LogP contribution in [0.25, 0.3) is 0 Å². The first-order valence-electron chi connectivity index (χ1n) is 14.8. The Bertz CT molecular complexity index is 894. The summed E-state index contributed by atoms with van der Waals surface area (Å²) >= 11 is 0. The lowest BCUT2D eigenvalue weighted by atomic mass is 9.80. The molecule has 2 fully saturated rings. The van der Waals surface area contributed by atoms with Crippen molar-refractivity contribution in [2.24, 2.45) is 29.4 Å². The van der Waals surface area contributed by atoms with Gasteiger partial charge in [0.1, 0.15) is 0 Å². The topological polar surface area (TPSA) is 112 Å². The number of carbonyl (C=O) groups excluding carboxylic acids is 1. The van der Waals surface area contributed by atoms with E-state index in [-0.39, 0.29) is 41.9 Å². The fourth-order valence-electron chi connectivity index (χ4n) is 5.94. The van der Waals surface area contributed by atoms with Gasteiger partial charge in [0.15, 0.2) is 11.5 Å². The van der Waals surface area contributed by atoms with Crippen LogP contribution >= 0.6 is 0 Å². The Morgan fingerprint density at radius 1 is 1.10 bits per heavy atom. The molecule has 2 saturated heterocycles. The van der Waals surface area contributed by atoms with Crippen molar-refractivity contribution in [1.29, 1.82) is 0 Å². The molecule has 2 heterocycles. The molecule has 8 nitrogen and oxygen atoms in total. The Morgan fingerprint density at radius 3 is 2.46 bits per heavy atom. The third kappa shape index (κ3) is 9.07. The van der Waals surface area contributed by atoms with Crippen molar-refractivity contribution >= 4 is 5.91 Å². The van der Waals surface area contributed by atoms with Gasteiger partial charge in [0.05, 0.1) is 38.1 Å². The number of benzene rings is 1. The zero-order valence-electron chi connectivity index (χ0n) is 24.9. The van der Waals surface area contributed by atoms with Crippen LogP contribution in [0.3, 0.4) is 0 Å². The van der Waals surface area contributed by atoms with Gasteiger partial charge in [0.2, 0.25) is 5.91 Å². The zero-order chi connectivity index (χ0) is 28.5. The first kappa shape index (κ1) is 31.7. The van der Waals surface area contributed by atoms with Crippen LogP contribution in [-0.4, -0.2) is 68.8 Å². The van der Waals surface area contributed by atoms with Gasteiger partial charge < -0.3 is 35.1 Å². The Hall–Kier alpha value is -1.87. The van der Waals surface area contributed by atoms with E-state index in [9.17, 15) is 9.90 Å². The second kappa shape index (κ2) is 15.2. The standard InChI is InChI=1S/C31H52N2O6/c1-19(2)22(14-21-8-10-29(37-6)30(15-21)38-13-7-12-36-5)16-25(32)27(34)18-24(20(3)4)31(35)33-26-17-23-9-11-28(26)39-23/h8,10,15,19-20,22-28,34H,7,9,11-14,16-18,32H2,1-6H3,(H,33,35)/t22?,23-,24?,25?,26-,27?,28-/m0/s1. The lowest BCUT2D eigenvalue weighted by molar-refractivity contribution is -0.128. The number of aliphatic hydroxyl groups is 1. The number of nitrogens with one attached hydrogen (secondary N) is 1. The van der Waals surface area contributed by atoms with E-state index in [4.69, 9.17) is 24.7 Å². The first-order valence-corrected chi connectivity index (χ1v) is 14.8. The third-order valence-corrected chi connectivity index (χ3v) is 8.56. The summed E-state index contributed by atoms with van der Waals surface area (Å²) in [6, 6.07) is 5.73. The number of fused-ring (bicyclic) bond motifs is 2. The molecule has 2 bridgehead atoms. The number of methoxy groups -OCH3 is 2. The highest BCUT2D eigenvalue weighted by atomic mass is 16.5. The predicted octanol–water partition coefficient (Wildman–Crippen LogP) is 4.10. The molecule has 3 rings (SSSR count). The summed E-state index contributed by atoms with van der Waals surface area (Å²) in [5.74, 6) is 1.90. The molecule has 7 atom stereocenters. The van der Waals surface area contributed by atoms with Gasteiger partial charge in [0, 0.05) is 32.1 Å². The molecule has 0 aliphatic carbocycles. The molecule has 4 unspecified atom stereocenters. The minimum absolute atomic E-state index is 0.00840. The van der Waals surface area contributed by atoms with Crippen molar-refractivity contribution in [3.8, 4) is 11.5 Å². The van der Waals surface area contributed by atoms with Gasteiger partial charge in [-0.05, 0) is 74.0 Å². The van der Waals surface area contributed by atoms with E-state index in [1.54, 1.807) is 14.2 Å². The third-order valence-electron chi connectivity index (χ3n) is 8.56. The van der Waals surface area contributed by atoms with Gasteiger partial charge in [-0.2, -0.15) is 0 Å². The average molecular weight is 549 g/mol. The summed E-state index contributed by atoms with van der Waals surface area (Å²) in [7, 11) is 3.33. The van der Waals surface area contributed by atoms with Crippen LogP contribution in [0.4, 0.5) is 0 Å². The highest BCUT2D eigenvalue weighted by Gasteiger charge is 2.42. The van der Waals surface area contributed by atoms with E-state index in [0.717, 1.165) is 43.4 Å². The summed E-state index contributed by atoms with van der Waals surface area (Å²) in [5.41, 5.74) is 7.73. The number of hydrogen-bond acceptors (Lipinski definition) is 7. The summed E-state index contributed by atoms with van der Waals surface area (Å²) < 4.78 is 22.5. The van der Waals surface area contributed by atoms with Gasteiger partial charge in [-0.15, -0.1) is 0 Å². The molecule has 1 aromatic carbocycles. The van der Waals surface area contributed by atoms with E-state index in [1.165, 1.54) is 0 Å². The molecule has 8 heteroatoms. The minimum atomic E-state index is -0.753. The van der Waals surface area contributed by atoms with Gasteiger partial charge in [-0.1, -0.05) is 33.8 Å². The molecular weight excluding hydrogens is 496 g/mol. The average Bonchev–Trinajstić information content (AvgIpc) is 3.52. The fourth-order valence-corrected chi connectivity index (χ4v) is 5.94. The smallest absolute Gasteiger partial charge is 0.223 e. The Balaban J connectivity index is 1.58. The van der Waals surface area contributed by atoms with Crippen LogP contribution in [0.1, 0.15) is 71.8 Å². The zero-order valence-corrected chi connectivity index (χ0v) is 24.9. The predicted molar refractivity (Wildman–Crippen MR) is 153 cm³/mol. The number of nitrogens with two attached hydrogens (primary N) is 1. The fraction of sp³-hybridized carbons (Fsp3) is 0.774. The van der Waals surface area contributed by atoms with E-state index < -0.39 is 12.1 Å². The molecule has 2 aliphatic heterocycles. The normalized spacial score (nSPS) is 23.6. The Kier molecular flexibility index (Phi) is 12.4. The van der Waals surface area contributed by atoms with Crippen molar-refractivity contribution in [3.05, 3.63) is 23.8 Å². The van der Waals surface area contributed by atoms with Crippen molar-refractivity contribution in [2.45, 2.75) is 103 Å². The number of carbonyl (C=O) groups is 1. The Labute approximate surface area is 235 Å². The first-order chi connectivity index (χ1) is 18.6. The van der Waals surface area contributed by atoms with Crippen molar-refractivity contribution in [3.63, 3.8) is 0 Å². The SMILES string of the molecule is COCCCOc1cc(CC(CC(N)C(O)CC(C(=O)N[C@H]2C[C@@H]3CC[C@@H]2O3)C(C)C)C(C)C)ccc1OC. The largest absolute Gasteiger partial charge is 0.493 e. The number of amides is 1. The van der Waals surface area contributed by atoms with Crippen LogP contribution in [0.5, 0.6) is 11.5 Å². The van der Waals surface area contributed by atoms with Crippen molar-refractivity contribution < 1.29 is 28.8 Å². The lowest BCUT2D eigenvalue weighted by Crippen LogP contribution is -2.47. The van der Waals surface area contributed by atoms with Crippen LogP contribution < -0.4 is 20.5 Å². The number of hydrogen-bond donors (Lipinski definition) is 3. The van der Waals surface area contributed by atoms with E-state index in [1.807, 2.05) is 26.0 Å². The van der Waals surface area contributed by atoms with Crippen LogP contribution in [0.15, 0.2) is 18.2 Å². The van der Waals surface area contributed by atoms with Crippen LogP contribution in [-0.2, 0) is 20.7 Å². The molecule has 1 amide bonds. The molecule has 0 aromatic heterocycles. The summed E-state index contributed by atoms with van der Waals surface area (Å²) in [6.45, 7) is 9.66. The number of aliphatic hydroxyl groups excluding tert-OH is 1. The molecule has 1 aromatic rings. The summed E-state index contributed by atoms with van der Waals surface area (Å²) in [4.78, 5) is 13.2. The lowest BCUT2D eigenvalue weighted by Gasteiger charge is -2.31. The highest BCUT2D eigenvalue weighted by molar-refractivity contribution is 5.79. The van der Waals surface area contributed by atoms with Gasteiger partial charge >= 0.3 is 0 Å². The maximum atomic E-state index is 13.2. The number of ether oxygens (including phenoxy) is 4. The van der Waals surface area contributed by atoms with E-state index in [0.29, 0.717) is 37.7 Å². The monoisotopic (exact) mass is 548 g/mol. The van der Waals surface area contributed by atoms with E-state index >= 15 is 0 Å². The molecule has 0 spiro atoms. The van der Waals surface area contributed by atoms with Gasteiger partial charge in [0.25, 0.3) is 0 Å². The quantitative estimate of drug-likeness (QED) is 0.251. The second-order valence-corrected chi connectivity index (χ2v) is 12.2. The maximum Gasteiger partial charge on any atom is 0.223 e. The highest BCUT2D eigenvalue weighted by Crippen LogP contribution is 2.35. The molecule has 4 N–H and O–H groups in total. The minimum Gasteiger partial charge on any atom is -0.493 e. The molecule has 0 saturated carbocycles. The maximum absolute atomic E-state index is 13.2. The number of rotatable bonds is 17. The second-order valence-electron chi connectivity index (χ2n) is 12.2. The van der Waals surface area contributed by atoms with Crippen molar-refractivity contribution in [1.82, 2.24) is 5.32 Å². The van der Waals surface area contributed by atoms with Crippen LogP contribution in [0, 0.1) is 23.7 Å². The van der Waals surface area contributed by atoms with E-state index in [2.05, 4.69) is 25.2 Å². The van der Waals surface area contributed by atoms with Crippen LogP contribution in [0.2, 0.25) is 0 Å². The molecule has 39 heavy (non-hydrogen) atoms. The molecular formula is C31H52N2O6.